The van der Waals surface area contributed by atoms with Gasteiger partial charge in [-0.15, -0.1) is 0 Å². The van der Waals surface area contributed by atoms with Gasteiger partial charge in [0.2, 0.25) is 10.0 Å². The molecule has 0 atom stereocenters. The maximum Gasteiger partial charge on any atom is 0.214 e. The third-order valence-electron chi connectivity index (χ3n) is 3.52. The van der Waals surface area contributed by atoms with Gasteiger partial charge in [-0.2, -0.15) is 0 Å². The van der Waals surface area contributed by atoms with Gasteiger partial charge >= 0.3 is 0 Å². The van der Waals surface area contributed by atoms with Crippen LogP contribution in [0.1, 0.15) is 45.4 Å². The number of nitrogens with zero attached hydrogens (tertiary/aromatic N) is 1. The molecule has 0 saturated heterocycles. The van der Waals surface area contributed by atoms with Crippen LogP contribution in [0, 0.1) is 5.92 Å². The number of hydrogen-bond acceptors (Lipinski definition) is 3. The lowest BCUT2D eigenvalue weighted by Gasteiger charge is -2.26. The minimum Gasteiger partial charge on any atom is -0.393 e. The lowest BCUT2D eigenvalue weighted by atomic mass is 9.91. The van der Waals surface area contributed by atoms with E-state index >= 15 is 0 Å². The third-order valence-corrected chi connectivity index (χ3v) is 5.85. The van der Waals surface area contributed by atoms with Crippen molar-refractivity contribution in [3.63, 3.8) is 0 Å². The summed E-state index contributed by atoms with van der Waals surface area (Å²) in [6.07, 6.45) is 6.14. The molecule has 0 aromatic rings. The van der Waals surface area contributed by atoms with Crippen molar-refractivity contribution >= 4 is 27.2 Å². The Morgan fingerprint density at radius 2 is 1.94 bits per heavy atom. The number of rotatable bonds is 7. The van der Waals surface area contributed by atoms with Gasteiger partial charge in [0.05, 0.1) is 10.7 Å². The summed E-state index contributed by atoms with van der Waals surface area (Å²) in [6, 6.07) is 0. The van der Waals surface area contributed by atoms with Crippen LogP contribution in [0.2, 0.25) is 0 Å². The molecule has 0 heterocycles. The second-order valence-electron chi connectivity index (χ2n) is 4.99. The molecule has 1 saturated carbocycles. The van der Waals surface area contributed by atoms with E-state index in [1.165, 1.54) is 23.6 Å². The van der Waals surface area contributed by atoms with Crippen LogP contribution in [-0.2, 0) is 10.0 Å². The molecule has 1 fully saturated rings. The highest BCUT2D eigenvalue weighted by atomic mass is 32.2. The molecule has 0 spiro atoms. The highest BCUT2D eigenvalue weighted by Crippen LogP contribution is 2.25. The van der Waals surface area contributed by atoms with E-state index in [9.17, 15) is 8.42 Å². The van der Waals surface area contributed by atoms with Crippen molar-refractivity contribution < 1.29 is 8.42 Å². The summed E-state index contributed by atoms with van der Waals surface area (Å²) < 4.78 is 26.1. The van der Waals surface area contributed by atoms with Crippen LogP contribution >= 0.6 is 12.2 Å². The van der Waals surface area contributed by atoms with Crippen LogP contribution in [0.15, 0.2) is 0 Å². The molecular weight excluding hydrogens is 268 g/mol. The first kappa shape index (κ1) is 15.9. The molecule has 1 rings (SSSR count). The lowest BCUT2D eigenvalue weighted by Crippen LogP contribution is -2.37. The first-order valence-corrected chi connectivity index (χ1v) is 8.73. The summed E-state index contributed by atoms with van der Waals surface area (Å²) in [4.78, 5) is 0.376. The Labute approximate surface area is 116 Å². The van der Waals surface area contributed by atoms with Gasteiger partial charge in [-0.1, -0.05) is 38.4 Å². The molecule has 6 heteroatoms. The van der Waals surface area contributed by atoms with E-state index in [0.29, 0.717) is 30.4 Å². The minimum absolute atomic E-state index is 0.290. The predicted molar refractivity (Wildman–Crippen MR) is 79.0 cm³/mol. The monoisotopic (exact) mass is 292 g/mol. The Morgan fingerprint density at radius 3 is 2.44 bits per heavy atom. The molecule has 0 unspecified atom stereocenters. The summed E-state index contributed by atoms with van der Waals surface area (Å²) >= 11 is 4.80. The summed E-state index contributed by atoms with van der Waals surface area (Å²) in [5.41, 5.74) is 5.43. The van der Waals surface area contributed by atoms with Crippen molar-refractivity contribution in [2.75, 3.05) is 18.8 Å². The van der Waals surface area contributed by atoms with Gasteiger partial charge in [0.25, 0.3) is 0 Å². The maximum absolute atomic E-state index is 12.3. The van der Waals surface area contributed by atoms with Crippen molar-refractivity contribution in [2.45, 2.75) is 45.4 Å². The normalized spacial score (nSPS) is 18.1. The fourth-order valence-corrected chi connectivity index (χ4v) is 4.48. The van der Waals surface area contributed by atoms with E-state index in [2.05, 4.69) is 0 Å². The number of sulfonamides is 1. The highest BCUT2D eigenvalue weighted by molar-refractivity contribution is 7.89. The molecule has 0 bridgehead atoms. The van der Waals surface area contributed by atoms with Gasteiger partial charge in [0.1, 0.15) is 0 Å². The molecule has 4 nitrogen and oxygen atoms in total. The topological polar surface area (TPSA) is 63.4 Å². The molecule has 2 N–H and O–H groups in total. The van der Waals surface area contributed by atoms with Crippen LogP contribution in [0.25, 0.3) is 0 Å². The van der Waals surface area contributed by atoms with Crippen molar-refractivity contribution in [1.82, 2.24) is 4.31 Å². The average Bonchev–Trinajstić information content (AvgIpc) is 2.29. The van der Waals surface area contributed by atoms with Gasteiger partial charge in [0, 0.05) is 19.5 Å². The van der Waals surface area contributed by atoms with Crippen molar-refractivity contribution in [1.29, 1.82) is 0 Å². The average molecular weight is 292 g/mol. The fraction of sp³-hybridized carbons (Fsp3) is 0.917. The molecule has 0 radical (unpaired) electrons. The molecule has 1 aliphatic carbocycles. The Hall–Kier alpha value is -0.200. The zero-order valence-electron chi connectivity index (χ0n) is 11.1. The fourth-order valence-electron chi connectivity index (χ4n) is 2.49. The molecule has 18 heavy (non-hydrogen) atoms. The number of nitrogens with two attached hydrogens (primary N) is 1. The molecule has 106 valence electrons. The van der Waals surface area contributed by atoms with Gasteiger partial charge in [-0.3, -0.25) is 0 Å². The Kier molecular flexibility index (Phi) is 6.52. The molecular formula is C12H24N2O2S2. The summed E-state index contributed by atoms with van der Waals surface area (Å²) in [5.74, 6) is 0.626. The van der Waals surface area contributed by atoms with Crippen LogP contribution in [-0.4, -0.2) is 36.6 Å². The molecule has 0 aromatic heterocycles. The van der Waals surface area contributed by atoms with E-state index in [1.54, 1.807) is 0 Å². The van der Waals surface area contributed by atoms with Gasteiger partial charge in [-0.05, 0) is 18.8 Å². The van der Waals surface area contributed by atoms with Crippen molar-refractivity contribution in [2.24, 2.45) is 11.7 Å². The van der Waals surface area contributed by atoms with E-state index in [4.69, 9.17) is 18.0 Å². The Morgan fingerprint density at radius 1 is 1.33 bits per heavy atom. The molecule has 0 aliphatic heterocycles. The molecule has 0 amide bonds. The van der Waals surface area contributed by atoms with E-state index in [-0.39, 0.29) is 5.75 Å². The largest absolute Gasteiger partial charge is 0.393 e. The molecule has 0 aromatic carbocycles. The Balaban J connectivity index is 2.55. The first-order chi connectivity index (χ1) is 8.45. The van der Waals surface area contributed by atoms with Gasteiger partial charge < -0.3 is 5.73 Å². The number of hydrogen-bond donors (Lipinski definition) is 1. The SMILES string of the molecule is CCN(CCC(N)=S)S(=O)(=O)CC1CCCCC1. The van der Waals surface area contributed by atoms with Crippen LogP contribution in [0.4, 0.5) is 0 Å². The summed E-state index contributed by atoms with van der Waals surface area (Å²) in [6.45, 7) is 2.77. The maximum atomic E-state index is 12.3. The predicted octanol–water partition coefficient (Wildman–Crippen LogP) is 1.89. The second kappa shape index (κ2) is 7.40. The van der Waals surface area contributed by atoms with E-state index in [1.807, 2.05) is 6.92 Å². The van der Waals surface area contributed by atoms with Crippen molar-refractivity contribution in [3.8, 4) is 0 Å². The highest BCUT2D eigenvalue weighted by Gasteiger charge is 2.26. The van der Waals surface area contributed by atoms with E-state index < -0.39 is 10.0 Å². The lowest BCUT2D eigenvalue weighted by molar-refractivity contribution is 0.370. The zero-order chi connectivity index (χ0) is 13.6. The smallest absolute Gasteiger partial charge is 0.214 e. The van der Waals surface area contributed by atoms with Crippen LogP contribution in [0.3, 0.4) is 0 Å². The van der Waals surface area contributed by atoms with Crippen molar-refractivity contribution in [3.05, 3.63) is 0 Å². The quantitative estimate of drug-likeness (QED) is 0.728. The van der Waals surface area contributed by atoms with Gasteiger partial charge in [-0.25, -0.2) is 12.7 Å². The second-order valence-corrected chi connectivity index (χ2v) is 7.53. The Bertz CT molecular complexity index is 362. The first-order valence-electron chi connectivity index (χ1n) is 6.72. The summed E-state index contributed by atoms with van der Waals surface area (Å²) in [7, 11) is -3.15. The zero-order valence-corrected chi connectivity index (χ0v) is 12.7. The summed E-state index contributed by atoms with van der Waals surface area (Å²) in [5, 5.41) is 0. The third kappa shape index (κ3) is 5.20. The standard InChI is InChI=1S/C12H24N2O2S2/c1-2-14(9-8-12(13)17)18(15,16)10-11-6-4-3-5-7-11/h11H,2-10H2,1H3,(H2,13,17). The van der Waals surface area contributed by atoms with Crippen LogP contribution < -0.4 is 5.73 Å². The molecule has 1 aliphatic rings. The van der Waals surface area contributed by atoms with Gasteiger partial charge in [0.15, 0.2) is 0 Å². The minimum atomic E-state index is -3.15. The van der Waals surface area contributed by atoms with Crippen LogP contribution in [0.5, 0.6) is 0 Å². The number of thiocarbonyl (C=S) groups is 1. The van der Waals surface area contributed by atoms with E-state index in [0.717, 1.165) is 12.8 Å².